The Morgan fingerprint density at radius 3 is 2.50 bits per heavy atom. The number of piperidine rings is 1. The third-order valence-corrected chi connectivity index (χ3v) is 3.97. The zero-order chi connectivity index (χ0) is 10.0. The summed E-state index contributed by atoms with van der Waals surface area (Å²) in [6.07, 6.45) is 5.44. The molecular weight excluding hydrogens is 174 g/mol. The molecule has 3 nitrogen and oxygen atoms in total. The summed E-state index contributed by atoms with van der Waals surface area (Å²) in [6, 6.07) is 0. The predicted molar refractivity (Wildman–Crippen MR) is 59.1 cm³/mol. The molecule has 2 saturated heterocycles. The van der Waals surface area contributed by atoms with E-state index >= 15 is 0 Å². The van der Waals surface area contributed by atoms with Gasteiger partial charge >= 0.3 is 0 Å². The van der Waals surface area contributed by atoms with Crippen LogP contribution in [0.4, 0.5) is 0 Å². The van der Waals surface area contributed by atoms with E-state index in [0.29, 0.717) is 5.54 Å². The standard InChI is InChI=1S/C11H23N3/c1-3-13(2)14-9-6-11(7-10-14)5-4-8-12-11/h12H,3-10H2,1-2H3. The Morgan fingerprint density at radius 1 is 1.29 bits per heavy atom. The van der Waals surface area contributed by atoms with Gasteiger partial charge < -0.3 is 5.32 Å². The minimum Gasteiger partial charge on any atom is -0.311 e. The first kappa shape index (κ1) is 10.4. The molecule has 2 aliphatic rings. The highest BCUT2D eigenvalue weighted by Gasteiger charge is 2.37. The number of hydrazine groups is 1. The maximum atomic E-state index is 3.70. The van der Waals surface area contributed by atoms with E-state index in [4.69, 9.17) is 0 Å². The Hall–Kier alpha value is -0.120. The van der Waals surface area contributed by atoms with E-state index in [1.807, 2.05) is 0 Å². The number of nitrogens with zero attached hydrogens (tertiary/aromatic N) is 2. The minimum absolute atomic E-state index is 0.519. The molecule has 0 aliphatic carbocycles. The number of rotatable bonds is 2. The maximum absolute atomic E-state index is 3.70. The SMILES string of the molecule is CCN(C)N1CCC2(CCCN2)CC1. The molecule has 2 heterocycles. The highest BCUT2D eigenvalue weighted by atomic mass is 15.6. The van der Waals surface area contributed by atoms with Gasteiger partial charge in [0.1, 0.15) is 0 Å². The van der Waals surface area contributed by atoms with Gasteiger partial charge in [0.15, 0.2) is 0 Å². The molecule has 0 aromatic carbocycles. The van der Waals surface area contributed by atoms with Crippen LogP contribution in [-0.2, 0) is 0 Å². The van der Waals surface area contributed by atoms with Crippen LogP contribution in [0.5, 0.6) is 0 Å². The van der Waals surface area contributed by atoms with E-state index in [1.165, 1.54) is 45.3 Å². The summed E-state index contributed by atoms with van der Waals surface area (Å²) in [7, 11) is 2.19. The van der Waals surface area contributed by atoms with Crippen molar-refractivity contribution >= 4 is 0 Å². The number of nitrogens with one attached hydrogen (secondary N) is 1. The van der Waals surface area contributed by atoms with E-state index in [1.54, 1.807) is 0 Å². The molecule has 0 radical (unpaired) electrons. The van der Waals surface area contributed by atoms with Crippen LogP contribution in [0.2, 0.25) is 0 Å². The topological polar surface area (TPSA) is 18.5 Å². The van der Waals surface area contributed by atoms with Gasteiger partial charge in [-0.3, -0.25) is 0 Å². The highest BCUT2D eigenvalue weighted by Crippen LogP contribution is 2.30. The molecule has 0 amide bonds. The molecule has 14 heavy (non-hydrogen) atoms. The molecule has 0 atom stereocenters. The molecule has 0 aromatic heterocycles. The summed E-state index contributed by atoms with van der Waals surface area (Å²) >= 11 is 0. The van der Waals surface area contributed by atoms with Crippen molar-refractivity contribution in [3.8, 4) is 0 Å². The number of hydrogen-bond donors (Lipinski definition) is 1. The van der Waals surface area contributed by atoms with Crippen molar-refractivity contribution in [1.29, 1.82) is 0 Å². The largest absolute Gasteiger partial charge is 0.311 e. The van der Waals surface area contributed by atoms with Gasteiger partial charge in [-0.15, -0.1) is 0 Å². The number of hydrogen-bond acceptors (Lipinski definition) is 3. The Kier molecular flexibility index (Phi) is 3.10. The van der Waals surface area contributed by atoms with Crippen LogP contribution < -0.4 is 5.32 Å². The van der Waals surface area contributed by atoms with Crippen LogP contribution in [0, 0.1) is 0 Å². The van der Waals surface area contributed by atoms with Gasteiger partial charge in [0.05, 0.1) is 0 Å². The minimum atomic E-state index is 0.519. The molecule has 2 fully saturated rings. The lowest BCUT2D eigenvalue weighted by atomic mass is 9.87. The molecular formula is C11H23N3. The van der Waals surface area contributed by atoms with Gasteiger partial charge in [0.2, 0.25) is 0 Å². The fraction of sp³-hybridized carbons (Fsp3) is 1.00. The average molecular weight is 197 g/mol. The molecule has 0 aromatic rings. The van der Waals surface area contributed by atoms with Crippen molar-refractivity contribution in [3.05, 3.63) is 0 Å². The Bertz CT molecular complexity index is 177. The predicted octanol–water partition coefficient (Wildman–Crippen LogP) is 1.07. The quantitative estimate of drug-likeness (QED) is 0.714. The second-order valence-electron chi connectivity index (χ2n) is 4.74. The summed E-state index contributed by atoms with van der Waals surface area (Å²) in [5.74, 6) is 0. The fourth-order valence-corrected chi connectivity index (χ4v) is 2.76. The second-order valence-corrected chi connectivity index (χ2v) is 4.74. The summed E-state index contributed by atoms with van der Waals surface area (Å²) in [6.45, 7) is 7.05. The van der Waals surface area contributed by atoms with Gasteiger partial charge in [-0.2, -0.15) is 0 Å². The van der Waals surface area contributed by atoms with Crippen LogP contribution in [0.3, 0.4) is 0 Å². The van der Waals surface area contributed by atoms with Crippen LogP contribution in [0.25, 0.3) is 0 Å². The van der Waals surface area contributed by atoms with Crippen molar-refractivity contribution in [2.75, 3.05) is 33.2 Å². The molecule has 1 N–H and O–H groups in total. The maximum Gasteiger partial charge on any atom is 0.0207 e. The normalized spacial score (nSPS) is 27.6. The monoisotopic (exact) mass is 197 g/mol. The van der Waals surface area contributed by atoms with E-state index < -0.39 is 0 Å². The van der Waals surface area contributed by atoms with Crippen molar-refractivity contribution in [1.82, 2.24) is 15.3 Å². The molecule has 2 rings (SSSR count). The van der Waals surface area contributed by atoms with Crippen LogP contribution in [0.1, 0.15) is 32.6 Å². The lowest BCUT2D eigenvalue weighted by Crippen LogP contribution is -2.53. The third-order valence-electron chi connectivity index (χ3n) is 3.97. The summed E-state index contributed by atoms with van der Waals surface area (Å²) in [4.78, 5) is 0. The zero-order valence-electron chi connectivity index (χ0n) is 9.55. The van der Waals surface area contributed by atoms with Crippen LogP contribution in [-0.4, -0.2) is 48.8 Å². The van der Waals surface area contributed by atoms with E-state index in [2.05, 4.69) is 29.3 Å². The van der Waals surface area contributed by atoms with Gasteiger partial charge in [-0.05, 0) is 32.2 Å². The van der Waals surface area contributed by atoms with Crippen molar-refractivity contribution in [3.63, 3.8) is 0 Å². The van der Waals surface area contributed by atoms with E-state index in [9.17, 15) is 0 Å². The average Bonchev–Trinajstić information content (AvgIpc) is 2.67. The third kappa shape index (κ3) is 1.95. The Labute approximate surface area is 87.4 Å². The molecule has 0 saturated carbocycles. The molecule has 0 bridgehead atoms. The van der Waals surface area contributed by atoms with Crippen molar-refractivity contribution in [2.45, 2.75) is 38.1 Å². The van der Waals surface area contributed by atoms with Gasteiger partial charge in [0, 0.05) is 32.2 Å². The molecule has 1 spiro atoms. The molecule has 82 valence electrons. The first-order chi connectivity index (χ1) is 6.76. The van der Waals surface area contributed by atoms with E-state index in [0.717, 1.165) is 6.54 Å². The Balaban J connectivity index is 1.85. The Morgan fingerprint density at radius 2 is 2.00 bits per heavy atom. The first-order valence-electron chi connectivity index (χ1n) is 5.97. The second kappa shape index (κ2) is 4.17. The van der Waals surface area contributed by atoms with Gasteiger partial charge in [0.25, 0.3) is 0 Å². The van der Waals surface area contributed by atoms with Crippen LogP contribution in [0.15, 0.2) is 0 Å². The molecule has 3 heteroatoms. The van der Waals surface area contributed by atoms with Gasteiger partial charge in [-0.1, -0.05) is 6.92 Å². The fourth-order valence-electron chi connectivity index (χ4n) is 2.76. The van der Waals surface area contributed by atoms with Gasteiger partial charge in [-0.25, -0.2) is 10.0 Å². The van der Waals surface area contributed by atoms with Crippen molar-refractivity contribution in [2.24, 2.45) is 0 Å². The molecule has 0 unspecified atom stereocenters. The molecule has 2 aliphatic heterocycles. The lowest BCUT2D eigenvalue weighted by molar-refractivity contribution is -0.0319. The summed E-state index contributed by atoms with van der Waals surface area (Å²) < 4.78 is 0. The smallest absolute Gasteiger partial charge is 0.0207 e. The highest BCUT2D eigenvalue weighted by molar-refractivity contribution is 4.96. The van der Waals surface area contributed by atoms with Crippen LogP contribution >= 0.6 is 0 Å². The lowest BCUT2D eigenvalue weighted by Gasteiger charge is -2.42. The first-order valence-corrected chi connectivity index (χ1v) is 5.97. The summed E-state index contributed by atoms with van der Waals surface area (Å²) in [5.41, 5.74) is 0.519. The van der Waals surface area contributed by atoms with E-state index in [-0.39, 0.29) is 0 Å². The summed E-state index contributed by atoms with van der Waals surface area (Å²) in [5, 5.41) is 8.54. The zero-order valence-corrected chi connectivity index (χ0v) is 9.55. The van der Waals surface area contributed by atoms with Crippen molar-refractivity contribution < 1.29 is 0 Å².